The molecule has 6 nitrogen and oxygen atoms in total. The number of hydrogen-bond acceptors (Lipinski definition) is 5. The molecule has 0 aromatic carbocycles. The largest absolute Gasteiger partial charge is 0.462 e. The minimum absolute atomic E-state index is 0.0890. The summed E-state index contributed by atoms with van der Waals surface area (Å²) in [6, 6.07) is 2.70. The fourth-order valence-corrected chi connectivity index (χ4v) is 5.33. The van der Waals surface area contributed by atoms with Gasteiger partial charge in [0.05, 0.1) is 30.3 Å². The molecule has 5 atom stereocenters. The first-order chi connectivity index (χ1) is 13.9. The van der Waals surface area contributed by atoms with E-state index in [2.05, 4.69) is 22.1 Å². The third-order valence-electron chi connectivity index (χ3n) is 6.67. The quantitative estimate of drug-likeness (QED) is 0.238. The van der Waals surface area contributed by atoms with Gasteiger partial charge in [0, 0.05) is 12.8 Å². The van der Waals surface area contributed by atoms with Crippen LogP contribution in [0.5, 0.6) is 0 Å². The van der Waals surface area contributed by atoms with E-state index in [1.54, 1.807) is 0 Å². The summed E-state index contributed by atoms with van der Waals surface area (Å²) in [6.07, 6.45) is 13.3. The topological polar surface area (TPSA) is 70.4 Å². The zero-order valence-electron chi connectivity index (χ0n) is 18.5. The highest BCUT2D eigenvalue weighted by Crippen LogP contribution is 2.31. The second-order valence-electron chi connectivity index (χ2n) is 9.52. The summed E-state index contributed by atoms with van der Waals surface area (Å²) in [7, 11) is 0. The van der Waals surface area contributed by atoms with Gasteiger partial charge < -0.3 is 4.74 Å². The molecule has 1 saturated heterocycles. The number of unbranched alkanes of at least 4 members (excludes halogenated alkanes) is 4. The van der Waals surface area contributed by atoms with Crippen molar-refractivity contribution < 1.29 is 18.9 Å². The highest BCUT2D eigenvalue weighted by atomic mass is 16.5. The molecule has 3 rings (SSSR count). The van der Waals surface area contributed by atoms with Crippen LogP contribution in [0.25, 0.3) is 0 Å². The highest BCUT2D eigenvalue weighted by Gasteiger charge is 2.44. The van der Waals surface area contributed by atoms with Crippen molar-refractivity contribution in [2.45, 2.75) is 128 Å². The minimum atomic E-state index is -0.392. The SMILES string of the molecule is CC(=O)CC(=O)O[C@H](C)CCCCCCC[C@@H]1C[C@@H]2CC[C@@H]3C[C@H](C)NC(=[N+]32)N1. The molecule has 164 valence electrons. The first-order valence-corrected chi connectivity index (χ1v) is 11.8. The second kappa shape index (κ2) is 10.4. The van der Waals surface area contributed by atoms with Crippen LogP contribution in [0.15, 0.2) is 0 Å². The Morgan fingerprint density at radius 1 is 1.07 bits per heavy atom. The van der Waals surface area contributed by atoms with E-state index in [9.17, 15) is 9.59 Å². The van der Waals surface area contributed by atoms with E-state index in [0.29, 0.717) is 12.1 Å². The number of Topliss-reactive ketones (excluding diaryl/α,β-unsaturated/α-hetero) is 1. The maximum Gasteiger partial charge on any atom is 0.346 e. The molecular weight excluding hydrogens is 366 g/mol. The number of carbonyl (C=O) groups excluding carboxylic acids is 2. The van der Waals surface area contributed by atoms with E-state index in [1.807, 2.05) is 6.92 Å². The van der Waals surface area contributed by atoms with Crippen LogP contribution in [0.3, 0.4) is 0 Å². The van der Waals surface area contributed by atoms with Gasteiger partial charge in [0.25, 0.3) is 0 Å². The zero-order valence-corrected chi connectivity index (χ0v) is 18.5. The van der Waals surface area contributed by atoms with E-state index in [4.69, 9.17) is 4.74 Å². The number of carbonyl (C=O) groups is 2. The van der Waals surface area contributed by atoms with Gasteiger partial charge in [0.2, 0.25) is 0 Å². The predicted octanol–water partition coefficient (Wildman–Crippen LogP) is 3.27. The predicted molar refractivity (Wildman–Crippen MR) is 114 cm³/mol. The van der Waals surface area contributed by atoms with Gasteiger partial charge in [-0.1, -0.05) is 25.7 Å². The van der Waals surface area contributed by atoms with Gasteiger partial charge in [-0.3, -0.25) is 24.8 Å². The van der Waals surface area contributed by atoms with Crippen LogP contribution in [0, 0.1) is 0 Å². The van der Waals surface area contributed by atoms with Crippen molar-refractivity contribution in [3.63, 3.8) is 0 Å². The molecule has 1 fully saturated rings. The van der Waals surface area contributed by atoms with Crippen LogP contribution in [-0.2, 0) is 14.3 Å². The Hall–Kier alpha value is -1.59. The molecule has 29 heavy (non-hydrogen) atoms. The van der Waals surface area contributed by atoms with E-state index in [1.165, 1.54) is 70.7 Å². The smallest absolute Gasteiger partial charge is 0.346 e. The molecule has 3 heterocycles. The molecule has 6 heteroatoms. The van der Waals surface area contributed by atoms with Gasteiger partial charge in [-0.15, -0.1) is 0 Å². The van der Waals surface area contributed by atoms with Crippen molar-refractivity contribution in [2.75, 3.05) is 0 Å². The first kappa shape index (κ1) is 22.1. The average Bonchev–Trinajstić information content (AvgIpc) is 3.03. The van der Waals surface area contributed by atoms with Gasteiger partial charge in [-0.25, -0.2) is 0 Å². The Balaban J connectivity index is 1.25. The summed E-state index contributed by atoms with van der Waals surface area (Å²) in [4.78, 5) is 22.4. The fraction of sp³-hybridized carbons (Fsp3) is 0.870. The van der Waals surface area contributed by atoms with Crippen molar-refractivity contribution in [3.05, 3.63) is 0 Å². The Kier molecular flexibility index (Phi) is 7.96. The van der Waals surface area contributed by atoms with Gasteiger partial charge in [-0.05, 0) is 52.9 Å². The second-order valence-corrected chi connectivity index (χ2v) is 9.52. The van der Waals surface area contributed by atoms with Crippen LogP contribution in [-0.4, -0.2) is 52.6 Å². The molecule has 3 aliphatic heterocycles. The summed E-state index contributed by atoms with van der Waals surface area (Å²) >= 11 is 0. The van der Waals surface area contributed by atoms with E-state index >= 15 is 0 Å². The summed E-state index contributed by atoms with van der Waals surface area (Å²) in [5, 5.41) is 7.47. The third-order valence-corrected chi connectivity index (χ3v) is 6.67. The normalized spacial score (nSPS) is 28.9. The molecule has 0 radical (unpaired) electrons. The van der Waals surface area contributed by atoms with Crippen molar-refractivity contribution in [3.8, 4) is 0 Å². The molecule has 0 unspecified atom stereocenters. The number of hydrogen-bond donors (Lipinski definition) is 2. The maximum atomic E-state index is 11.5. The minimum Gasteiger partial charge on any atom is -0.462 e. The fourth-order valence-electron chi connectivity index (χ4n) is 5.33. The summed E-state index contributed by atoms with van der Waals surface area (Å²) in [5.74, 6) is 0.778. The molecule has 0 spiro atoms. The van der Waals surface area contributed by atoms with Crippen LogP contribution in [0.4, 0.5) is 0 Å². The van der Waals surface area contributed by atoms with Crippen LogP contribution in [0.1, 0.15) is 97.8 Å². The number of ether oxygens (including phenoxy) is 1. The van der Waals surface area contributed by atoms with Gasteiger partial charge in [0.15, 0.2) is 0 Å². The van der Waals surface area contributed by atoms with Crippen molar-refractivity contribution in [2.24, 2.45) is 0 Å². The van der Waals surface area contributed by atoms with Gasteiger partial charge in [0.1, 0.15) is 12.2 Å². The Morgan fingerprint density at radius 3 is 2.52 bits per heavy atom. The van der Waals surface area contributed by atoms with E-state index < -0.39 is 5.97 Å². The molecule has 0 aromatic rings. The van der Waals surface area contributed by atoms with Crippen molar-refractivity contribution in [1.29, 1.82) is 0 Å². The average molecular weight is 407 g/mol. The molecule has 0 bridgehead atoms. The molecule has 2 N–H and O–H groups in total. The lowest BCUT2D eigenvalue weighted by Crippen LogP contribution is -2.61. The maximum absolute atomic E-state index is 11.5. The third kappa shape index (κ3) is 6.45. The monoisotopic (exact) mass is 406 g/mol. The lowest BCUT2D eigenvalue weighted by atomic mass is 9.97. The summed E-state index contributed by atoms with van der Waals surface area (Å²) < 4.78 is 7.90. The van der Waals surface area contributed by atoms with Crippen LogP contribution in [0.2, 0.25) is 0 Å². The Labute approximate surface area is 175 Å². The lowest BCUT2D eigenvalue weighted by Gasteiger charge is -2.35. The zero-order chi connectivity index (χ0) is 20.8. The Bertz CT molecular complexity index is 618. The molecule has 3 aliphatic rings. The Morgan fingerprint density at radius 2 is 1.76 bits per heavy atom. The number of rotatable bonds is 11. The number of nitrogens with one attached hydrogen (secondary N) is 2. The standard InChI is InChI=1S/C23H39N3O3/c1-16-13-20-11-12-21-15-19(25-23(24-16)26(20)21)10-8-6-4-5-7-9-18(3)29-22(28)14-17(2)27/h16,18-21H,4-15H2,1-3H3,(H,24,25)/p+1/t16-,18+,19+,20+,21-/m0/s1. The van der Waals surface area contributed by atoms with Crippen LogP contribution >= 0.6 is 0 Å². The van der Waals surface area contributed by atoms with Crippen molar-refractivity contribution in [1.82, 2.24) is 10.6 Å². The van der Waals surface area contributed by atoms with E-state index in [-0.39, 0.29) is 18.3 Å². The number of esters is 1. The van der Waals surface area contributed by atoms with Gasteiger partial charge in [-0.2, -0.15) is 0 Å². The van der Waals surface area contributed by atoms with Crippen molar-refractivity contribution >= 4 is 17.7 Å². The molecule has 0 aromatic heterocycles. The molecule has 0 aliphatic carbocycles. The number of ketones is 1. The van der Waals surface area contributed by atoms with Crippen LogP contribution < -0.4 is 10.6 Å². The van der Waals surface area contributed by atoms with Gasteiger partial charge >= 0.3 is 11.9 Å². The first-order valence-electron chi connectivity index (χ1n) is 11.8. The summed E-state index contributed by atoms with van der Waals surface area (Å²) in [5.41, 5.74) is 0. The molecule has 0 amide bonds. The lowest BCUT2D eigenvalue weighted by molar-refractivity contribution is -0.593. The summed E-state index contributed by atoms with van der Waals surface area (Å²) in [6.45, 7) is 5.63. The molecule has 0 saturated carbocycles. The molecular formula is C23H40N3O3+. The van der Waals surface area contributed by atoms with E-state index in [0.717, 1.165) is 24.9 Å². The number of nitrogens with zero attached hydrogens (tertiary/aromatic N) is 1. The highest BCUT2D eigenvalue weighted by molar-refractivity contribution is 5.94. The number of guanidine groups is 1.